The van der Waals surface area contributed by atoms with Crippen LogP contribution < -0.4 is 24.4 Å². The fourth-order valence-corrected chi connectivity index (χ4v) is 5.51. The SMILES string of the molecule is COc1ccc(C(C(=O)NCC2CCCO2)N(C(=O)Cn2nnc3ccccc32)c2ccc(-n3cnnn3)c(OC)c2)cc1OC. The summed E-state index contributed by atoms with van der Waals surface area (Å²) < 4.78 is 25.4. The van der Waals surface area contributed by atoms with E-state index in [4.69, 9.17) is 18.9 Å². The highest BCUT2D eigenvalue weighted by Crippen LogP contribution is 2.37. The number of methoxy groups -OCH3 is 3. The van der Waals surface area contributed by atoms with Crippen LogP contribution in [0.15, 0.2) is 67.0 Å². The van der Waals surface area contributed by atoms with Gasteiger partial charge in [-0.05, 0) is 65.2 Å². The van der Waals surface area contributed by atoms with Crippen molar-refractivity contribution >= 4 is 28.5 Å². The maximum atomic E-state index is 14.5. The number of tetrazole rings is 1. The van der Waals surface area contributed by atoms with E-state index >= 15 is 0 Å². The maximum Gasteiger partial charge on any atom is 0.249 e. The largest absolute Gasteiger partial charge is 0.494 e. The summed E-state index contributed by atoms with van der Waals surface area (Å²) in [4.78, 5) is 30.2. The first-order valence-electron chi connectivity index (χ1n) is 14.6. The Morgan fingerprint density at radius 3 is 2.57 bits per heavy atom. The summed E-state index contributed by atoms with van der Waals surface area (Å²) in [6, 6.07) is 16.4. The van der Waals surface area contributed by atoms with Crippen molar-refractivity contribution in [3.63, 3.8) is 0 Å². The molecule has 3 aromatic carbocycles. The lowest BCUT2D eigenvalue weighted by Crippen LogP contribution is -2.46. The summed E-state index contributed by atoms with van der Waals surface area (Å²) in [5, 5.41) is 22.8. The molecular formula is C31H33N9O6. The van der Waals surface area contributed by atoms with Crippen LogP contribution in [0.4, 0.5) is 5.69 Å². The minimum Gasteiger partial charge on any atom is -0.494 e. The molecule has 0 radical (unpaired) electrons. The molecule has 1 N–H and O–H groups in total. The van der Waals surface area contributed by atoms with Gasteiger partial charge in [0.2, 0.25) is 11.8 Å². The number of hydrogen-bond acceptors (Lipinski definition) is 11. The second-order valence-electron chi connectivity index (χ2n) is 10.5. The van der Waals surface area contributed by atoms with Gasteiger partial charge in [0, 0.05) is 24.9 Å². The monoisotopic (exact) mass is 627 g/mol. The zero-order chi connectivity index (χ0) is 32.0. The van der Waals surface area contributed by atoms with Crippen LogP contribution in [0.25, 0.3) is 16.7 Å². The van der Waals surface area contributed by atoms with Crippen LogP contribution in [0.5, 0.6) is 17.2 Å². The van der Waals surface area contributed by atoms with Crippen molar-refractivity contribution < 1.29 is 28.5 Å². The molecule has 2 amide bonds. The molecule has 238 valence electrons. The molecule has 0 saturated carbocycles. The molecule has 1 fully saturated rings. The maximum absolute atomic E-state index is 14.5. The predicted molar refractivity (Wildman–Crippen MR) is 165 cm³/mol. The topological polar surface area (TPSA) is 161 Å². The van der Waals surface area contributed by atoms with Gasteiger partial charge in [0.15, 0.2) is 11.5 Å². The highest BCUT2D eigenvalue weighted by atomic mass is 16.5. The number of para-hydroxylation sites is 1. The number of carbonyl (C=O) groups excluding carboxylic acids is 2. The zero-order valence-corrected chi connectivity index (χ0v) is 25.6. The van der Waals surface area contributed by atoms with Gasteiger partial charge in [-0.2, -0.15) is 4.68 Å². The summed E-state index contributed by atoms with van der Waals surface area (Å²) in [5.41, 5.74) is 2.72. The number of rotatable bonds is 12. The van der Waals surface area contributed by atoms with Crippen molar-refractivity contribution in [3.05, 3.63) is 72.6 Å². The third kappa shape index (κ3) is 6.17. The molecule has 15 heteroatoms. The lowest BCUT2D eigenvalue weighted by atomic mass is 10.0. The normalized spacial score (nSPS) is 15.0. The Kier molecular flexibility index (Phi) is 9.01. The van der Waals surface area contributed by atoms with Crippen molar-refractivity contribution in [3.8, 4) is 22.9 Å². The quantitative estimate of drug-likeness (QED) is 0.216. The average Bonchev–Trinajstić information content (AvgIpc) is 3.89. The Labute approximate surface area is 264 Å². The number of anilines is 1. The van der Waals surface area contributed by atoms with Crippen LogP contribution >= 0.6 is 0 Å². The number of nitrogens with zero attached hydrogens (tertiary/aromatic N) is 8. The first-order valence-corrected chi connectivity index (χ1v) is 14.6. The Balaban J connectivity index is 1.47. The molecule has 0 spiro atoms. The van der Waals surface area contributed by atoms with Crippen LogP contribution in [-0.2, 0) is 20.9 Å². The third-order valence-electron chi connectivity index (χ3n) is 7.77. The van der Waals surface area contributed by atoms with Crippen LogP contribution in [0.3, 0.4) is 0 Å². The number of amides is 2. The van der Waals surface area contributed by atoms with Gasteiger partial charge in [0.25, 0.3) is 0 Å². The van der Waals surface area contributed by atoms with Gasteiger partial charge >= 0.3 is 0 Å². The van der Waals surface area contributed by atoms with Crippen LogP contribution in [0, 0.1) is 0 Å². The molecule has 1 aliphatic rings. The van der Waals surface area contributed by atoms with E-state index in [1.54, 1.807) is 36.4 Å². The van der Waals surface area contributed by atoms with Gasteiger partial charge in [-0.15, -0.1) is 10.2 Å². The van der Waals surface area contributed by atoms with Gasteiger partial charge in [-0.1, -0.05) is 23.4 Å². The highest BCUT2D eigenvalue weighted by molar-refractivity contribution is 6.02. The van der Waals surface area contributed by atoms with Gasteiger partial charge < -0.3 is 24.3 Å². The van der Waals surface area contributed by atoms with E-state index < -0.39 is 17.9 Å². The average molecular weight is 628 g/mol. The minimum absolute atomic E-state index is 0.115. The summed E-state index contributed by atoms with van der Waals surface area (Å²) in [5.74, 6) is 0.407. The van der Waals surface area contributed by atoms with Crippen molar-refractivity contribution in [2.24, 2.45) is 0 Å². The molecule has 15 nitrogen and oxygen atoms in total. The first-order chi connectivity index (χ1) is 22.5. The second-order valence-corrected chi connectivity index (χ2v) is 10.5. The fourth-order valence-electron chi connectivity index (χ4n) is 5.51. The van der Waals surface area contributed by atoms with E-state index in [1.807, 2.05) is 24.3 Å². The third-order valence-corrected chi connectivity index (χ3v) is 7.77. The van der Waals surface area contributed by atoms with E-state index in [0.717, 1.165) is 12.8 Å². The molecule has 2 atom stereocenters. The van der Waals surface area contributed by atoms with Crippen molar-refractivity contribution in [1.29, 1.82) is 0 Å². The Bertz CT molecular complexity index is 1820. The van der Waals surface area contributed by atoms with Gasteiger partial charge in [-0.25, -0.2) is 4.68 Å². The highest BCUT2D eigenvalue weighted by Gasteiger charge is 2.35. The lowest BCUT2D eigenvalue weighted by Gasteiger charge is -2.32. The molecule has 2 unspecified atom stereocenters. The number of hydrogen-bond donors (Lipinski definition) is 1. The number of benzene rings is 3. The number of ether oxygens (including phenoxy) is 4. The molecule has 3 heterocycles. The summed E-state index contributed by atoms with van der Waals surface area (Å²) in [6.07, 6.45) is 3.07. The van der Waals surface area contributed by atoms with Crippen molar-refractivity contribution in [2.45, 2.75) is 31.5 Å². The summed E-state index contributed by atoms with van der Waals surface area (Å²) >= 11 is 0. The lowest BCUT2D eigenvalue weighted by molar-refractivity contribution is -0.127. The summed E-state index contributed by atoms with van der Waals surface area (Å²) in [6.45, 7) is 0.726. The van der Waals surface area contributed by atoms with Gasteiger partial charge in [-0.3, -0.25) is 14.5 Å². The zero-order valence-electron chi connectivity index (χ0n) is 25.6. The number of carbonyl (C=O) groups is 2. The molecule has 0 aliphatic carbocycles. The van der Waals surface area contributed by atoms with E-state index in [-0.39, 0.29) is 12.6 Å². The predicted octanol–water partition coefficient (Wildman–Crippen LogP) is 2.50. The molecule has 6 rings (SSSR count). The molecule has 1 aliphatic heterocycles. The second kappa shape index (κ2) is 13.6. The molecule has 2 aromatic heterocycles. The van der Waals surface area contributed by atoms with E-state index in [0.29, 0.717) is 58.4 Å². The smallest absolute Gasteiger partial charge is 0.249 e. The molecule has 5 aromatic rings. The molecule has 46 heavy (non-hydrogen) atoms. The molecular weight excluding hydrogens is 594 g/mol. The Morgan fingerprint density at radius 1 is 1.00 bits per heavy atom. The van der Waals surface area contributed by atoms with Crippen LogP contribution in [0.1, 0.15) is 24.4 Å². The standard InChI is InChI=1S/C31H33N9O6/c1-43-26-13-10-20(15-28(26)45-3)30(31(42)32-17-22-7-6-14-46-22)40(29(41)18-38-24-9-5-4-8-23(24)34-36-38)21-11-12-25(27(16-21)44-2)39-19-33-35-37-39/h4-5,8-13,15-16,19,22,30H,6-7,14,17-18H2,1-3H3,(H,32,42). The van der Waals surface area contributed by atoms with Gasteiger partial charge in [0.1, 0.15) is 35.9 Å². The number of nitrogens with one attached hydrogen (secondary N) is 1. The molecule has 0 bridgehead atoms. The van der Waals surface area contributed by atoms with E-state index in [9.17, 15) is 9.59 Å². The van der Waals surface area contributed by atoms with Crippen molar-refractivity contribution in [1.82, 2.24) is 40.5 Å². The van der Waals surface area contributed by atoms with Gasteiger partial charge in [0.05, 0.1) is 33.0 Å². The summed E-state index contributed by atoms with van der Waals surface area (Å²) in [7, 11) is 4.54. The van der Waals surface area contributed by atoms with E-state index in [2.05, 4.69) is 31.2 Å². The molecule has 1 saturated heterocycles. The minimum atomic E-state index is -1.15. The Hall–Kier alpha value is -5.57. The van der Waals surface area contributed by atoms with E-state index in [1.165, 1.54) is 41.9 Å². The number of aromatic nitrogens is 7. The first kappa shape index (κ1) is 30.5. The fraction of sp³-hybridized carbons (Fsp3) is 0.323. The number of fused-ring (bicyclic) bond motifs is 1. The Morgan fingerprint density at radius 2 is 1.83 bits per heavy atom. The van der Waals surface area contributed by atoms with Crippen LogP contribution in [-0.4, -0.2) is 87.6 Å². The van der Waals surface area contributed by atoms with Crippen LogP contribution in [0.2, 0.25) is 0 Å². The van der Waals surface area contributed by atoms with Crippen molar-refractivity contribution in [2.75, 3.05) is 39.4 Å².